The molecule has 1 fully saturated rings. The number of nitrogens with zero attached hydrogens (tertiary/aromatic N) is 1. The van der Waals surface area contributed by atoms with Crippen LogP contribution in [-0.2, 0) is 9.59 Å². The van der Waals surface area contributed by atoms with Gasteiger partial charge in [-0.2, -0.15) is 0 Å². The number of halogens is 2. The minimum Gasteiger partial charge on any atom is -0.325 e. The van der Waals surface area contributed by atoms with Crippen LogP contribution < -0.4 is 5.73 Å². The van der Waals surface area contributed by atoms with Crippen LogP contribution in [0.4, 0.5) is 8.78 Å². The van der Waals surface area contributed by atoms with Crippen LogP contribution in [0.1, 0.15) is 12.8 Å². The number of alkyl halides is 2. The largest absolute Gasteiger partial charge is 0.325 e. The molecular weight excluding hydrogens is 230 g/mol. The maximum Gasteiger partial charge on any atom is 0.277 e. The number of amides is 2. The van der Waals surface area contributed by atoms with Crippen molar-refractivity contribution in [1.29, 1.82) is 0 Å². The van der Waals surface area contributed by atoms with Gasteiger partial charge in [-0.25, -0.2) is 8.78 Å². The zero-order chi connectivity index (χ0) is 12.6. The van der Waals surface area contributed by atoms with Gasteiger partial charge >= 0.3 is 0 Å². The molecule has 1 saturated heterocycles. The first-order valence-corrected chi connectivity index (χ1v) is 5.54. The highest BCUT2D eigenvalue weighted by molar-refractivity contribution is 6.05. The minimum absolute atomic E-state index is 0.457. The molecule has 0 aromatic rings. The normalized spacial score (nSPS) is 28.8. The first kappa shape index (κ1) is 12.2. The van der Waals surface area contributed by atoms with Gasteiger partial charge in [0.25, 0.3) is 5.92 Å². The molecule has 0 radical (unpaired) electrons. The molecule has 94 valence electrons. The third-order valence-electron chi connectivity index (χ3n) is 3.29. The van der Waals surface area contributed by atoms with E-state index < -0.39 is 42.7 Å². The standard InChI is InChI=1S/C11H14F2N2O2/c12-11(13,5-14)6-15-9(16)7-3-1-2-4-8(7)10(15)17/h1-2,7-8H,3-6,14H2/t7-,8+. The number of fused-ring (bicyclic) bond motifs is 1. The first-order valence-electron chi connectivity index (χ1n) is 5.54. The highest BCUT2D eigenvalue weighted by Gasteiger charge is 2.49. The van der Waals surface area contributed by atoms with Crippen molar-refractivity contribution < 1.29 is 18.4 Å². The zero-order valence-corrected chi connectivity index (χ0v) is 9.23. The molecule has 6 heteroatoms. The van der Waals surface area contributed by atoms with Gasteiger partial charge in [0, 0.05) is 0 Å². The second-order valence-electron chi connectivity index (χ2n) is 4.48. The molecule has 0 unspecified atom stereocenters. The molecule has 1 heterocycles. The van der Waals surface area contributed by atoms with Crippen LogP contribution in [0.2, 0.25) is 0 Å². The Balaban J connectivity index is 2.16. The number of nitrogens with two attached hydrogens (primary N) is 1. The summed E-state index contributed by atoms with van der Waals surface area (Å²) in [6, 6.07) is 0. The molecule has 0 saturated carbocycles. The summed E-state index contributed by atoms with van der Waals surface area (Å²) < 4.78 is 26.3. The molecule has 17 heavy (non-hydrogen) atoms. The molecule has 0 bridgehead atoms. The number of carbonyl (C=O) groups is 2. The van der Waals surface area contributed by atoms with E-state index in [1.165, 1.54) is 0 Å². The molecular formula is C11H14F2N2O2. The number of likely N-dealkylation sites (tertiary alicyclic amines) is 1. The fourth-order valence-electron chi connectivity index (χ4n) is 2.32. The van der Waals surface area contributed by atoms with Gasteiger partial charge in [0.1, 0.15) is 0 Å². The van der Waals surface area contributed by atoms with Crippen molar-refractivity contribution in [2.75, 3.05) is 13.1 Å². The van der Waals surface area contributed by atoms with Crippen molar-refractivity contribution >= 4 is 11.8 Å². The summed E-state index contributed by atoms with van der Waals surface area (Å²) in [5, 5.41) is 0. The van der Waals surface area contributed by atoms with Crippen LogP contribution in [0.15, 0.2) is 12.2 Å². The van der Waals surface area contributed by atoms with E-state index in [1.54, 1.807) is 0 Å². The predicted octanol–water partition coefficient (Wildman–Crippen LogP) is 0.532. The number of allylic oxidation sites excluding steroid dienone is 2. The molecule has 0 spiro atoms. The van der Waals surface area contributed by atoms with Gasteiger partial charge in [0.05, 0.1) is 24.9 Å². The molecule has 2 rings (SSSR count). The quantitative estimate of drug-likeness (QED) is 0.582. The van der Waals surface area contributed by atoms with E-state index in [0.717, 1.165) is 0 Å². The molecule has 1 aliphatic carbocycles. The molecule has 0 aromatic carbocycles. The lowest BCUT2D eigenvalue weighted by atomic mass is 9.85. The maximum atomic E-state index is 13.1. The first-order chi connectivity index (χ1) is 7.96. The molecule has 2 N–H and O–H groups in total. The van der Waals surface area contributed by atoms with Crippen LogP contribution in [-0.4, -0.2) is 35.7 Å². The summed E-state index contributed by atoms with van der Waals surface area (Å²) in [5.41, 5.74) is 4.91. The number of carbonyl (C=O) groups excluding carboxylic acids is 2. The maximum absolute atomic E-state index is 13.1. The van der Waals surface area contributed by atoms with E-state index in [1.807, 2.05) is 12.2 Å². The average molecular weight is 244 g/mol. The van der Waals surface area contributed by atoms with E-state index >= 15 is 0 Å². The number of imide groups is 1. The lowest BCUT2D eigenvalue weighted by Gasteiger charge is -2.21. The van der Waals surface area contributed by atoms with Crippen molar-refractivity contribution in [2.24, 2.45) is 17.6 Å². The lowest BCUT2D eigenvalue weighted by molar-refractivity contribution is -0.145. The van der Waals surface area contributed by atoms with Gasteiger partial charge in [0.15, 0.2) is 0 Å². The molecule has 0 aromatic heterocycles. The fraction of sp³-hybridized carbons (Fsp3) is 0.636. The van der Waals surface area contributed by atoms with Gasteiger partial charge in [0.2, 0.25) is 11.8 Å². The summed E-state index contributed by atoms with van der Waals surface area (Å²) in [4.78, 5) is 24.4. The van der Waals surface area contributed by atoms with Crippen LogP contribution in [0.25, 0.3) is 0 Å². The van der Waals surface area contributed by atoms with E-state index in [2.05, 4.69) is 0 Å². The van der Waals surface area contributed by atoms with Crippen molar-refractivity contribution in [3.63, 3.8) is 0 Å². The van der Waals surface area contributed by atoms with Crippen LogP contribution in [0.3, 0.4) is 0 Å². The average Bonchev–Trinajstić information content (AvgIpc) is 2.55. The second-order valence-corrected chi connectivity index (χ2v) is 4.48. The van der Waals surface area contributed by atoms with Crippen molar-refractivity contribution in [2.45, 2.75) is 18.8 Å². The smallest absolute Gasteiger partial charge is 0.277 e. The summed E-state index contributed by atoms with van der Waals surface area (Å²) >= 11 is 0. The molecule has 2 aliphatic rings. The summed E-state index contributed by atoms with van der Waals surface area (Å²) in [6.45, 7) is -1.76. The van der Waals surface area contributed by atoms with Crippen molar-refractivity contribution in [3.05, 3.63) is 12.2 Å². The molecule has 2 atom stereocenters. The van der Waals surface area contributed by atoms with Crippen molar-refractivity contribution in [1.82, 2.24) is 4.90 Å². The summed E-state index contributed by atoms with van der Waals surface area (Å²) in [7, 11) is 0. The van der Waals surface area contributed by atoms with E-state index in [0.29, 0.717) is 17.7 Å². The van der Waals surface area contributed by atoms with E-state index in [-0.39, 0.29) is 0 Å². The summed E-state index contributed by atoms with van der Waals surface area (Å²) in [6.07, 6.45) is 4.55. The Hall–Kier alpha value is -1.30. The third-order valence-corrected chi connectivity index (χ3v) is 3.29. The van der Waals surface area contributed by atoms with E-state index in [4.69, 9.17) is 5.73 Å². The van der Waals surface area contributed by atoms with Crippen molar-refractivity contribution in [3.8, 4) is 0 Å². The van der Waals surface area contributed by atoms with Gasteiger partial charge < -0.3 is 5.73 Å². The number of hydrogen-bond donors (Lipinski definition) is 1. The molecule has 2 amide bonds. The number of hydrogen-bond acceptors (Lipinski definition) is 3. The monoisotopic (exact) mass is 244 g/mol. The van der Waals surface area contributed by atoms with Crippen LogP contribution in [0, 0.1) is 11.8 Å². The SMILES string of the molecule is NCC(F)(F)CN1C(=O)[C@H]2CC=CC[C@H]2C1=O. The Bertz CT molecular complexity index is 356. The van der Waals surface area contributed by atoms with Crippen LogP contribution in [0.5, 0.6) is 0 Å². The van der Waals surface area contributed by atoms with E-state index in [9.17, 15) is 18.4 Å². The Labute approximate surface area is 97.4 Å². The fourth-order valence-corrected chi connectivity index (χ4v) is 2.32. The molecule has 4 nitrogen and oxygen atoms in total. The third kappa shape index (κ3) is 2.09. The summed E-state index contributed by atoms with van der Waals surface area (Å²) in [5.74, 6) is -5.09. The van der Waals surface area contributed by atoms with Crippen LogP contribution >= 0.6 is 0 Å². The highest BCUT2D eigenvalue weighted by Crippen LogP contribution is 2.36. The van der Waals surface area contributed by atoms with Gasteiger partial charge in [-0.05, 0) is 12.8 Å². The molecule has 1 aliphatic heterocycles. The predicted molar refractivity (Wildman–Crippen MR) is 56.1 cm³/mol. The van der Waals surface area contributed by atoms with Gasteiger partial charge in [-0.15, -0.1) is 0 Å². The Morgan fingerprint density at radius 2 is 1.71 bits per heavy atom. The number of rotatable bonds is 3. The lowest BCUT2D eigenvalue weighted by Crippen LogP contribution is -2.44. The van der Waals surface area contributed by atoms with Gasteiger partial charge in [-0.1, -0.05) is 12.2 Å². The second kappa shape index (κ2) is 4.18. The minimum atomic E-state index is -3.20. The topological polar surface area (TPSA) is 63.4 Å². The Morgan fingerprint density at radius 1 is 1.24 bits per heavy atom. The highest BCUT2D eigenvalue weighted by atomic mass is 19.3. The Morgan fingerprint density at radius 3 is 2.12 bits per heavy atom. The van der Waals surface area contributed by atoms with Gasteiger partial charge in [-0.3, -0.25) is 14.5 Å². The zero-order valence-electron chi connectivity index (χ0n) is 9.23. The Kier molecular flexibility index (Phi) is 2.99.